The molecule has 1 aromatic carbocycles. The normalized spacial score (nSPS) is 26.0. The molecule has 6 heteroatoms. The number of aryl methyl sites for hydroxylation is 2. The molecule has 6 nitrogen and oxygen atoms in total. The highest BCUT2D eigenvalue weighted by molar-refractivity contribution is 5.95. The predicted octanol–water partition coefficient (Wildman–Crippen LogP) is 6.45. The molecular formula is C34H57N4O2+. The minimum absolute atomic E-state index is 0.0490. The van der Waals surface area contributed by atoms with Crippen molar-refractivity contribution in [3.63, 3.8) is 0 Å². The first-order chi connectivity index (χ1) is 19.4. The molecule has 1 N–H and O–H groups in total. The molecule has 0 saturated carbocycles. The number of nitrogens with one attached hydrogen (secondary N) is 1. The summed E-state index contributed by atoms with van der Waals surface area (Å²) in [6.45, 7) is 13.8. The first kappa shape index (κ1) is 31.0. The van der Waals surface area contributed by atoms with Crippen molar-refractivity contribution in [3.8, 4) is 0 Å². The quantitative estimate of drug-likeness (QED) is 0.239. The molecule has 2 amide bonds. The molecule has 0 spiro atoms. The molecule has 0 bridgehead atoms. The van der Waals surface area contributed by atoms with Crippen molar-refractivity contribution in [3.05, 3.63) is 29.3 Å². The summed E-state index contributed by atoms with van der Waals surface area (Å²) in [5.74, 6) is 0.620. The SMILES string of the molecule is CCCC[N+]1(CCCCCN2CCCCC2C(=O)N2CCCCC2)CCCCC1C(=O)Nc1c(C)cccc1C. The molecule has 3 saturated heterocycles. The number of unbranched alkanes of at least 4 members (excludes halogenated alkanes) is 3. The summed E-state index contributed by atoms with van der Waals surface area (Å²) >= 11 is 0. The van der Waals surface area contributed by atoms with Crippen LogP contribution in [0, 0.1) is 13.8 Å². The van der Waals surface area contributed by atoms with Gasteiger partial charge in [-0.15, -0.1) is 0 Å². The molecule has 0 aromatic heterocycles. The molecule has 3 unspecified atom stereocenters. The third-order valence-electron chi connectivity index (χ3n) is 10.1. The Morgan fingerprint density at radius 2 is 1.55 bits per heavy atom. The van der Waals surface area contributed by atoms with E-state index < -0.39 is 0 Å². The van der Waals surface area contributed by atoms with Gasteiger partial charge in [-0.05, 0) is 109 Å². The number of anilines is 1. The van der Waals surface area contributed by atoms with E-state index in [1.165, 1.54) is 57.8 Å². The number of benzene rings is 1. The Morgan fingerprint density at radius 3 is 2.30 bits per heavy atom. The molecule has 3 aliphatic heterocycles. The molecule has 40 heavy (non-hydrogen) atoms. The fourth-order valence-electron chi connectivity index (χ4n) is 7.69. The summed E-state index contributed by atoms with van der Waals surface area (Å²) in [7, 11) is 0. The summed E-state index contributed by atoms with van der Waals surface area (Å²) < 4.78 is 0.963. The number of hydrogen-bond acceptors (Lipinski definition) is 3. The standard InChI is InChI=1S/C34H56N4O2/c1-4-5-25-38(27-15-9-20-31(38)33(39)35-32-28(2)17-16-18-29(32)3)26-14-7-12-21-36-22-13-8-19-30(36)34(40)37-23-10-6-11-24-37/h16-18,30-31H,4-15,19-27H2,1-3H3/p+1. The first-order valence-electron chi connectivity index (χ1n) is 16.7. The zero-order valence-electron chi connectivity index (χ0n) is 25.9. The highest BCUT2D eigenvalue weighted by Gasteiger charge is 2.43. The van der Waals surface area contributed by atoms with Gasteiger partial charge in [0.25, 0.3) is 5.91 Å². The zero-order valence-corrected chi connectivity index (χ0v) is 25.9. The number of piperidine rings is 3. The lowest BCUT2D eigenvalue weighted by atomic mass is 9.95. The van der Waals surface area contributed by atoms with Crippen molar-refractivity contribution in [2.75, 3.05) is 51.1 Å². The first-order valence-corrected chi connectivity index (χ1v) is 16.7. The topological polar surface area (TPSA) is 52.7 Å². The maximum atomic E-state index is 13.8. The van der Waals surface area contributed by atoms with E-state index in [1.54, 1.807) is 0 Å². The van der Waals surface area contributed by atoms with E-state index in [0.29, 0.717) is 5.91 Å². The number of rotatable bonds is 12. The van der Waals surface area contributed by atoms with Gasteiger partial charge in [-0.2, -0.15) is 0 Å². The van der Waals surface area contributed by atoms with Crippen molar-refractivity contribution in [2.24, 2.45) is 0 Å². The summed E-state index contributed by atoms with van der Waals surface area (Å²) in [6, 6.07) is 6.41. The number of nitrogens with zero attached hydrogens (tertiary/aromatic N) is 3. The van der Waals surface area contributed by atoms with Crippen LogP contribution in [0.3, 0.4) is 0 Å². The van der Waals surface area contributed by atoms with Crippen LogP contribution in [0.1, 0.15) is 108 Å². The van der Waals surface area contributed by atoms with Gasteiger partial charge in [0.05, 0.1) is 25.7 Å². The average Bonchev–Trinajstić information content (AvgIpc) is 2.98. The molecule has 224 valence electrons. The van der Waals surface area contributed by atoms with Gasteiger partial charge >= 0.3 is 0 Å². The molecule has 0 aliphatic carbocycles. The average molecular weight is 554 g/mol. The van der Waals surface area contributed by atoms with Crippen LogP contribution in [0.25, 0.3) is 0 Å². The number of hydrogen-bond donors (Lipinski definition) is 1. The lowest BCUT2D eigenvalue weighted by Crippen LogP contribution is -2.63. The van der Waals surface area contributed by atoms with E-state index in [-0.39, 0.29) is 18.0 Å². The third kappa shape index (κ3) is 7.88. The van der Waals surface area contributed by atoms with Crippen molar-refractivity contribution in [2.45, 2.75) is 123 Å². The number of likely N-dealkylation sites (tertiary alicyclic amines) is 3. The fraction of sp³-hybridized carbons (Fsp3) is 0.765. The van der Waals surface area contributed by atoms with Crippen LogP contribution in [0.4, 0.5) is 5.69 Å². The van der Waals surface area contributed by atoms with Gasteiger partial charge in [0.2, 0.25) is 5.91 Å². The van der Waals surface area contributed by atoms with Crippen LogP contribution in [0.2, 0.25) is 0 Å². The molecule has 3 fully saturated rings. The van der Waals surface area contributed by atoms with Crippen molar-refractivity contribution < 1.29 is 14.1 Å². The molecule has 3 aliphatic rings. The molecule has 1 aromatic rings. The maximum absolute atomic E-state index is 13.8. The molecule has 4 rings (SSSR count). The second-order valence-corrected chi connectivity index (χ2v) is 13.0. The van der Waals surface area contributed by atoms with E-state index in [1.807, 2.05) is 0 Å². The number of carbonyl (C=O) groups is 2. The second kappa shape index (κ2) is 15.3. The highest BCUT2D eigenvalue weighted by Crippen LogP contribution is 2.30. The fourth-order valence-corrected chi connectivity index (χ4v) is 7.69. The molecule has 0 radical (unpaired) electrons. The van der Waals surface area contributed by atoms with E-state index in [2.05, 4.69) is 54.1 Å². The highest BCUT2D eigenvalue weighted by atomic mass is 16.2. The van der Waals surface area contributed by atoms with Crippen molar-refractivity contribution in [1.29, 1.82) is 0 Å². The van der Waals surface area contributed by atoms with E-state index in [0.717, 1.165) is 99.2 Å². The van der Waals surface area contributed by atoms with Gasteiger partial charge in [0, 0.05) is 25.2 Å². The summed E-state index contributed by atoms with van der Waals surface area (Å²) in [4.78, 5) is 31.8. The molecular weight excluding hydrogens is 496 g/mol. The lowest BCUT2D eigenvalue weighted by molar-refractivity contribution is -0.947. The minimum atomic E-state index is 0.0490. The Balaban J connectivity index is 1.33. The Kier molecular flexibility index (Phi) is 11.9. The minimum Gasteiger partial charge on any atom is -0.341 e. The number of carbonyl (C=O) groups excluding carboxylic acids is 2. The Hall–Kier alpha value is -1.92. The van der Waals surface area contributed by atoms with Crippen molar-refractivity contribution >= 4 is 17.5 Å². The number of para-hydroxylation sites is 1. The van der Waals surface area contributed by atoms with Crippen LogP contribution < -0.4 is 5.32 Å². The number of quaternary nitrogens is 1. The monoisotopic (exact) mass is 553 g/mol. The van der Waals surface area contributed by atoms with Crippen LogP contribution >= 0.6 is 0 Å². The van der Waals surface area contributed by atoms with Crippen LogP contribution in [0.5, 0.6) is 0 Å². The van der Waals surface area contributed by atoms with E-state index in [9.17, 15) is 9.59 Å². The summed E-state index contributed by atoms with van der Waals surface area (Å²) in [6.07, 6.45) is 16.3. The predicted molar refractivity (Wildman–Crippen MR) is 165 cm³/mol. The van der Waals surface area contributed by atoms with E-state index in [4.69, 9.17) is 0 Å². The maximum Gasteiger partial charge on any atom is 0.282 e. The van der Waals surface area contributed by atoms with Gasteiger partial charge in [-0.1, -0.05) is 38.0 Å². The largest absolute Gasteiger partial charge is 0.341 e. The van der Waals surface area contributed by atoms with Gasteiger partial charge in [0.15, 0.2) is 6.04 Å². The second-order valence-electron chi connectivity index (χ2n) is 13.0. The van der Waals surface area contributed by atoms with Crippen LogP contribution in [0.15, 0.2) is 18.2 Å². The van der Waals surface area contributed by atoms with Gasteiger partial charge in [0.1, 0.15) is 0 Å². The summed E-state index contributed by atoms with van der Waals surface area (Å²) in [5, 5.41) is 3.37. The van der Waals surface area contributed by atoms with Gasteiger partial charge < -0.3 is 14.7 Å². The van der Waals surface area contributed by atoms with Crippen molar-refractivity contribution in [1.82, 2.24) is 9.80 Å². The third-order valence-corrected chi connectivity index (χ3v) is 10.1. The Labute approximate surface area is 244 Å². The zero-order chi connectivity index (χ0) is 28.4. The van der Waals surface area contributed by atoms with Crippen LogP contribution in [-0.2, 0) is 9.59 Å². The lowest BCUT2D eigenvalue weighted by Gasteiger charge is -2.47. The summed E-state index contributed by atoms with van der Waals surface area (Å²) in [5.41, 5.74) is 3.29. The van der Waals surface area contributed by atoms with E-state index >= 15 is 0 Å². The molecule has 3 atom stereocenters. The van der Waals surface area contributed by atoms with Gasteiger partial charge in [-0.3, -0.25) is 14.5 Å². The van der Waals surface area contributed by atoms with Crippen LogP contribution in [-0.4, -0.2) is 84.0 Å². The number of amides is 2. The van der Waals surface area contributed by atoms with Gasteiger partial charge in [-0.25, -0.2) is 0 Å². The smallest absolute Gasteiger partial charge is 0.282 e. The Morgan fingerprint density at radius 1 is 0.850 bits per heavy atom. The Bertz CT molecular complexity index is 939. The molecule has 3 heterocycles.